The fraction of sp³-hybridized carbons (Fsp3) is 0.923. The molecule has 0 rings (SSSR count). The van der Waals surface area contributed by atoms with Crippen molar-refractivity contribution in [1.29, 1.82) is 0 Å². The monoisotopic (exact) mass is 276 g/mol. The van der Waals surface area contributed by atoms with Crippen LogP contribution in [0.4, 0.5) is 0 Å². The zero-order chi connectivity index (χ0) is 14.2. The summed E-state index contributed by atoms with van der Waals surface area (Å²) in [7, 11) is 0. The van der Waals surface area contributed by atoms with E-state index in [9.17, 15) is 4.79 Å². The van der Waals surface area contributed by atoms with Gasteiger partial charge >= 0.3 is 0 Å². The summed E-state index contributed by atoms with van der Waals surface area (Å²) in [6.07, 6.45) is 3.91. The zero-order valence-electron chi connectivity index (χ0n) is 12.3. The van der Waals surface area contributed by atoms with Crippen molar-refractivity contribution in [2.24, 2.45) is 5.73 Å². The van der Waals surface area contributed by atoms with Crippen molar-refractivity contribution in [1.82, 2.24) is 5.32 Å². The minimum Gasteiger partial charge on any atom is -0.371 e. The van der Waals surface area contributed by atoms with Gasteiger partial charge in [-0.2, -0.15) is 11.8 Å². The van der Waals surface area contributed by atoms with Gasteiger partial charge in [-0.05, 0) is 52.5 Å². The number of unbranched alkanes of at least 4 members (excludes halogenated alkanes) is 1. The summed E-state index contributed by atoms with van der Waals surface area (Å²) in [5.41, 5.74) is 5.59. The van der Waals surface area contributed by atoms with Gasteiger partial charge in [-0.25, -0.2) is 0 Å². The van der Waals surface area contributed by atoms with Crippen molar-refractivity contribution in [3.8, 4) is 0 Å². The molecule has 0 radical (unpaired) electrons. The lowest BCUT2D eigenvalue weighted by Crippen LogP contribution is -2.50. The molecular weight excluding hydrogens is 248 g/mol. The largest absolute Gasteiger partial charge is 0.371 e. The third-order valence-corrected chi connectivity index (χ3v) is 3.12. The predicted molar refractivity (Wildman–Crippen MR) is 78.9 cm³/mol. The Morgan fingerprint density at radius 3 is 2.50 bits per heavy atom. The van der Waals surface area contributed by atoms with Gasteiger partial charge in [0, 0.05) is 6.54 Å². The molecule has 4 nitrogen and oxygen atoms in total. The quantitative estimate of drug-likeness (QED) is 0.663. The van der Waals surface area contributed by atoms with E-state index in [0.717, 1.165) is 18.6 Å². The molecule has 0 saturated carbocycles. The first-order valence-corrected chi connectivity index (χ1v) is 7.87. The maximum atomic E-state index is 11.8. The van der Waals surface area contributed by atoms with E-state index >= 15 is 0 Å². The SMILES string of the molecule is CSCCCCNC(=O)[C@@H](N)[C@@H](C)OC(C)(C)C. The second-order valence-electron chi connectivity index (χ2n) is 5.45. The molecular formula is C13H28N2O2S. The third kappa shape index (κ3) is 8.78. The van der Waals surface area contributed by atoms with E-state index in [1.807, 2.05) is 39.5 Å². The molecule has 0 bridgehead atoms. The van der Waals surface area contributed by atoms with Gasteiger partial charge in [0.05, 0.1) is 11.7 Å². The molecule has 0 aromatic carbocycles. The fourth-order valence-electron chi connectivity index (χ4n) is 1.54. The standard InChI is InChI=1S/C13H28N2O2S/c1-10(17-13(2,3)4)11(14)12(16)15-8-6-7-9-18-5/h10-11H,6-9,14H2,1-5H3,(H,15,16)/t10-,11+/m1/s1. The Balaban J connectivity index is 3.88. The summed E-state index contributed by atoms with van der Waals surface area (Å²) in [6, 6.07) is -0.607. The van der Waals surface area contributed by atoms with Crippen LogP contribution >= 0.6 is 11.8 Å². The highest BCUT2D eigenvalue weighted by Crippen LogP contribution is 2.12. The van der Waals surface area contributed by atoms with E-state index in [0.29, 0.717) is 6.54 Å². The summed E-state index contributed by atoms with van der Waals surface area (Å²) in [5, 5.41) is 2.85. The molecule has 0 aliphatic carbocycles. The van der Waals surface area contributed by atoms with Crippen LogP contribution in [0.15, 0.2) is 0 Å². The normalized spacial score (nSPS) is 15.2. The second-order valence-corrected chi connectivity index (χ2v) is 6.44. The molecule has 0 aromatic heterocycles. The lowest BCUT2D eigenvalue weighted by Gasteiger charge is -2.28. The van der Waals surface area contributed by atoms with Gasteiger partial charge in [-0.1, -0.05) is 0 Å². The van der Waals surface area contributed by atoms with Crippen LogP contribution in [0.2, 0.25) is 0 Å². The van der Waals surface area contributed by atoms with Crippen molar-refractivity contribution >= 4 is 17.7 Å². The van der Waals surface area contributed by atoms with Crippen molar-refractivity contribution in [2.45, 2.75) is 58.3 Å². The van der Waals surface area contributed by atoms with Crippen LogP contribution in [0, 0.1) is 0 Å². The number of carbonyl (C=O) groups excluding carboxylic acids is 1. The molecule has 108 valence electrons. The molecule has 0 aromatic rings. The first-order valence-electron chi connectivity index (χ1n) is 6.48. The Hall–Kier alpha value is -0.260. The minimum absolute atomic E-state index is 0.129. The van der Waals surface area contributed by atoms with Gasteiger partial charge in [-0.15, -0.1) is 0 Å². The maximum Gasteiger partial charge on any atom is 0.239 e. The summed E-state index contributed by atoms with van der Waals surface area (Å²) >= 11 is 1.82. The lowest BCUT2D eigenvalue weighted by atomic mass is 10.1. The van der Waals surface area contributed by atoms with Crippen LogP contribution in [0.25, 0.3) is 0 Å². The van der Waals surface area contributed by atoms with Crippen LogP contribution in [0.5, 0.6) is 0 Å². The van der Waals surface area contributed by atoms with Gasteiger partial charge in [-0.3, -0.25) is 4.79 Å². The van der Waals surface area contributed by atoms with Gasteiger partial charge in [0.25, 0.3) is 0 Å². The maximum absolute atomic E-state index is 11.8. The summed E-state index contributed by atoms with van der Waals surface area (Å²) in [6.45, 7) is 8.39. The Labute approximate surface area is 115 Å². The smallest absolute Gasteiger partial charge is 0.239 e. The van der Waals surface area contributed by atoms with E-state index in [2.05, 4.69) is 11.6 Å². The molecule has 0 aliphatic rings. The van der Waals surface area contributed by atoms with Gasteiger partial charge in [0.1, 0.15) is 6.04 Å². The number of hydrogen-bond acceptors (Lipinski definition) is 4. The second kappa shape index (κ2) is 8.77. The first-order chi connectivity index (χ1) is 8.28. The van der Waals surface area contributed by atoms with Gasteiger partial charge < -0.3 is 15.8 Å². The topological polar surface area (TPSA) is 64.4 Å². The molecule has 0 aliphatic heterocycles. The molecule has 0 spiro atoms. The minimum atomic E-state index is -0.607. The van der Waals surface area contributed by atoms with Crippen molar-refractivity contribution in [3.63, 3.8) is 0 Å². The molecule has 1 amide bonds. The predicted octanol–water partition coefficient (Wildman–Crippen LogP) is 1.78. The number of nitrogens with two attached hydrogens (primary N) is 1. The van der Waals surface area contributed by atoms with Crippen molar-refractivity contribution in [2.75, 3.05) is 18.6 Å². The molecule has 0 fully saturated rings. The molecule has 5 heteroatoms. The van der Waals surface area contributed by atoms with Crippen molar-refractivity contribution in [3.05, 3.63) is 0 Å². The molecule has 18 heavy (non-hydrogen) atoms. The molecule has 3 N–H and O–H groups in total. The summed E-state index contributed by atoms with van der Waals surface area (Å²) in [4.78, 5) is 11.8. The molecule has 0 unspecified atom stereocenters. The summed E-state index contributed by atoms with van der Waals surface area (Å²) < 4.78 is 5.68. The van der Waals surface area contributed by atoms with Crippen LogP contribution in [0.3, 0.4) is 0 Å². The number of hydrogen-bond donors (Lipinski definition) is 2. The zero-order valence-corrected chi connectivity index (χ0v) is 13.1. The lowest BCUT2D eigenvalue weighted by molar-refractivity contribution is -0.129. The number of thioether (sulfide) groups is 1. The summed E-state index contributed by atoms with van der Waals surface area (Å²) in [5.74, 6) is 1.00. The number of carbonyl (C=O) groups is 1. The van der Waals surface area contributed by atoms with E-state index in [1.165, 1.54) is 0 Å². The van der Waals surface area contributed by atoms with E-state index in [4.69, 9.17) is 10.5 Å². The highest BCUT2D eigenvalue weighted by atomic mass is 32.2. The van der Waals surface area contributed by atoms with E-state index < -0.39 is 6.04 Å². The number of rotatable bonds is 8. The Morgan fingerprint density at radius 2 is 2.00 bits per heavy atom. The highest BCUT2D eigenvalue weighted by molar-refractivity contribution is 7.98. The fourth-order valence-corrected chi connectivity index (χ4v) is 2.04. The number of ether oxygens (including phenoxy) is 1. The van der Waals surface area contributed by atoms with Crippen LogP contribution < -0.4 is 11.1 Å². The van der Waals surface area contributed by atoms with Crippen LogP contribution in [-0.2, 0) is 9.53 Å². The third-order valence-electron chi connectivity index (χ3n) is 2.42. The highest BCUT2D eigenvalue weighted by Gasteiger charge is 2.25. The van der Waals surface area contributed by atoms with E-state index in [1.54, 1.807) is 0 Å². The van der Waals surface area contributed by atoms with E-state index in [-0.39, 0.29) is 17.6 Å². The Bertz CT molecular complexity index is 242. The average molecular weight is 276 g/mol. The Kier molecular flexibility index (Phi) is 8.65. The Morgan fingerprint density at radius 1 is 1.39 bits per heavy atom. The molecule has 2 atom stereocenters. The number of nitrogens with one attached hydrogen (secondary N) is 1. The van der Waals surface area contributed by atoms with Crippen LogP contribution in [-0.4, -0.2) is 42.2 Å². The number of amides is 1. The van der Waals surface area contributed by atoms with Gasteiger partial charge in [0.15, 0.2) is 0 Å². The molecule has 0 heterocycles. The van der Waals surface area contributed by atoms with Crippen LogP contribution in [0.1, 0.15) is 40.5 Å². The van der Waals surface area contributed by atoms with Crippen molar-refractivity contribution < 1.29 is 9.53 Å². The van der Waals surface area contributed by atoms with Gasteiger partial charge in [0.2, 0.25) is 5.91 Å². The molecule has 0 saturated heterocycles. The average Bonchev–Trinajstić information content (AvgIpc) is 2.25. The first kappa shape index (κ1) is 17.7.